The number of carbonyl (C=O) groups is 1. The molecule has 100 valence electrons. The van der Waals surface area contributed by atoms with Crippen molar-refractivity contribution in [2.24, 2.45) is 0 Å². The minimum Gasteiger partial charge on any atom is -0.387 e. The first-order chi connectivity index (χ1) is 8.63. The van der Waals surface area contributed by atoms with E-state index in [-0.39, 0.29) is 11.7 Å². The predicted octanol–water partition coefficient (Wildman–Crippen LogP) is 0.975. The molecule has 4 nitrogen and oxygen atoms in total. The lowest BCUT2D eigenvalue weighted by atomic mass is 10.1. The summed E-state index contributed by atoms with van der Waals surface area (Å²) in [6.45, 7) is 3.25. The van der Waals surface area contributed by atoms with Gasteiger partial charge in [-0.25, -0.2) is 4.39 Å². The Labute approximate surface area is 106 Å². The summed E-state index contributed by atoms with van der Waals surface area (Å²) < 4.78 is 12.9. The van der Waals surface area contributed by atoms with Crippen LogP contribution in [0.25, 0.3) is 0 Å². The Morgan fingerprint density at radius 2 is 2.28 bits per heavy atom. The zero-order valence-corrected chi connectivity index (χ0v) is 10.4. The number of rotatable bonds is 7. The summed E-state index contributed by atoms with van der Waals surface area (Å²) in [6.07, 6.45) is -0.404. The molecule has 0 saturated heterocycles. The Bertz CT molecular complexity index is 385. The van der Waals surface area contributed by atoms with Crippen molar-refractivity contribution < 1.29 is 14.3 Å². The van der Waals surface area contributed by atoms with E-state index in [4.69, 9.17) is 0 Å². The topological polar surface area (TPSA) is 61.4 Å². The van der Waals surface area contributed by atoms with Gasteiger partial charge in [-0.3, -0.25) is 4.79 Å². The molecule has 0 aliphatic carbocycles. The molecule has 18 heavy (non-hydrogen) atoms. The smallest absolute Gasteiger partial charge is 0.221 e. The Hall–Kier alpha value is -1.46. The Morgan fingerprint density at radius 1 is 1.50 bits per heavy atom. The number of hydrogen-bond donors (Lipinski definition) is 3. The zero-order chi connectivity index (χ0) is 13.4. The zero-order valence-electron chi connectivity index (χ0n) is 10.4. The first-order valence-corrected chi connectivity index (χ1v) is 6.04. The lowest BCUT2D eigenvalue weighted by molar-refractivity contribution is -0.120. The molecule has 5 heteroatoms. The van der Waals surface area contributed by atoms with Crippen LogP contribution in [0.1, 0.15) is 25.0 Å². The van der Waals surface area contributed by atoms with Crippen molar-refractivity contribution in [3.05, 3.63) is 35.6 Å². The fourth-order valence-corrected chi connectivity index (χ4v) is 1.56. The average molecular weight is 254 g/mol. The van der Waals surface area contributed by atoms with Crippen molar-refractivity contribution in [2.45, 2.75) is 19.4 Å². The number of aliphatic hydroxyl groups excluding tert-OH is 1. The largest absolute Gasteiger partial charge is 0.387 e. The van der Waals surface area contributed by atoms with E-state index < -0.39 is 6.10 Å². The van der Waals surface area contributed by atoms with E-state index in [1.807, 2.05) is 6.92 Å². The van der Waals surface area contributed by atoms with Gasteiger partial charge in [-0.15, -0.1) is 0 Å². The van der Waals surface area contributed by atoms with Crippen molar-refractivity contribution in [1.29, 1.82) is 0 Å². The van der Waals surface area contributed by atoms with Gasteiger partial charge in [0.2, 0.25) is 5.91 Å². The molecule has 0 heterocycles. The van der Waals surface area contributed by atoms with Crippen molar-refractivity contribution >= 4 is 5.91 Å². The van der Waals surface area contributed by atoms with Gasteiger partial charge in [0.25, 0.3) is 0 Å². The number of halogens is 1. The van der Waals surface area contributed by atoms with Gasteiger partial charge in [-0.05, 0) is 24.6 Å². The van der Waals surface area contributed by atoms with Crippen molar-refractivity contribution in [3.8, 4) is 0 Å². The highest BCUT2D eigenvalue weighted by atomic mass is 19.1. The highest BCUT2D eigenvalue weighted by molar-refractivity contribution is 5.75. The maximum Gasteiger partial charge on any atom is 0.221 e. The molecule has 0 spiro atoms. The minimum absolute atomic E-state index is 0.0229. The third-order valence-corrected chi connectivity index (χ3v) is 2.47. The van der Waals surface area contributed by atoms with Crippen LogP contribution in [-0.2, 0) is 4.79 Å². The Kier molecular flexibility index (Phi) is 6.32. The van der Waals surface area contributed by atoms with Gasteiger partial charge in [0, 0.05) is 26.1 Å². The Balaban J connectivity index is 2.25. The molecular weight excluding hydrogens is 235 g/mol. The molecule has 1 atom stereocenters. The van der Waals surface area contributed by atoms with Crippen LogP contribution in [0.4, 0.5) is 4.39 Å². The van der Waals surface area contributed by atoms with Gasteiger partial charge in [0.05, 0.1) is 6.10 Å². The van der Waals surface area contributed by atoms with Gasteiger partial charge >= 0.3 is 0 Å². The molecule has 1 aromatic rings. The van der Waals surface area contributed by atoms with E-state index in [0.29, 0.717) is 31.6 Å². The summed E-state index contributed by atoms with van der Waals surface area (Å²) in [5.41, 5.74) is 0.528. The standard InChI is InChI=1S/C13H19FN2O2/c1-2-16-13(18)6-7-15-9-12(17)10-4-3-5-11(14)8-10/h3-5,8,12,15,17H,2,6-7,9H2,1H3,(H,16,18). The summed E-state index contributed by atoms with van der Waals surface area (Å²) in [7, 11) is 0. The third kappa shape index (κ3) is 5.25. The second-order valence-corrected chi connectivity index (χ2v) is 3.98. The van der Waals surface area contributed by atoms with Gasteiger partial charge in [-0.1, -0.05) is 12.1 Å². The van der Waals surface area contributed by atoms with E-state index in [1.54, 1.807) is 12.1 Å². The molecule has 1 unspecified atom stereocenters. The SMILES string of the molecule is CCNC(=O)CCNCC(O)c1cccc(F)c1. The van der Waals surface area contributed by atoms with Crippen molar-refractivity contribution in [1.82, 2.24) is 10.6 Å². The summed E-state index contributed by atoms with van der Waals surface area (Å²) in [4.78, 5) is 11.1. The van der Waals surface area contributed by atoms with Crippen LogP contribution in [0.2, 0.25) is 0 Å². The van der Waals surface area contributed by atoms with Crippen LogP contribution in [0.5, 0.6) is 0 Å². The molecule has 3 N–H and O–H groups in total. The second kappa shape index (κ2) is 7.79. The molecule has 0 aliphatic heterocycles. The van der Waals surface area contributed by atoms with Crippen LogP contribution in [0, 0.1) is 5.82 Å². The van der Waals surface area contributed by atoms with Crippen LogP contribution in [0.15, 0.2) is 24.3 Å². The van der Waals surface area contributed by atoms with E-state index in [0.717, 1.165) is 0 Å². The average Bonchev–Trinajstić information content (AvgIpc) is 2.35. The molecule has 0 bridgehead atoms. The fraction of sp³-hybridized carbons (Fsp3) is 0.462. The summed E-state index contributed by atoms with van der Waals surface area (Å²) in [6, 6.07) is 5.86. The number of nitrogens with one attached hydrogen (secondary N) is 2. The lowest BCUT2D eigenvalue weighted by Crippen LogP contribution is -2.29. The molecule has 0 saturated carbocycles. The highest BCUT2D eigenvalue weighted by Crippen LogP contribution is 2.12. The molecule has 1 rings (SSSR count). The van der Waals surface area contributed by atoms with Crippen LogP contribution in [-0.4, -0.2) is 30.6 Å². The number of amides is 1. The van der Waals surface area contributed by atoms with E-state index in [9.17, 15) is 14.3 Å². The van der Waals surface area contributed by atoms with Crippen LogP contribution in [0.3, 0.4) is 0 Å². The van der Waals surface area contributed by atoms with Crippen molar-refractivity contribution in [2.75, 3.05) is 19.6 Å². The minimum atomic E-state index is -0.769. The first kappa shape index (κ1) is 14.6. The Morgan fingerprint density at radius 3 is 2.94 bits per heavy atom. The van der Waals surface area contributed by atoms with Gasteiger partial charge in [0.15, 0.2) is 0 Å². The molecule has 0 fully saturated rings. The normalized spacial score (nSPS) is 12.2. The lowest BCUT2D eigenvalue weighted by Gasteiger charge is -2.12. The van der Waals surface area contributed by atoms with E-state index in [1.165, 1.54) is 12.1 Å². The summed E-state index contributed by atoms with van der Waals surface area (Å²) in [5.74, 6) is -0.390. The molecule has 0 aliphatic rings. The fourth-order valence-electron chi connectivity index (χ4n) is 1.56. The number of hydrogen-bond acceptors (Lipinski definition) is 3. The molecular formula is C13H19FN2O2. The van der Waals surface area contributed by atoms with Gasteiger partial charge in [0.1, 0.15) is 5.82 Å². The predicted molar refractivity (Wildman–Crippen MR) is 67.5 cm³/mol. The third-order valence-electron chi connectivity index (χ3n) is 2.47. The van der Waals surface area contributed by atoms with E-state index in [2.05, 4.69) is 10.6 Å². The second-order valence-electron chi connectivity index (χ2n) is 3.98. The quantitative estimate of drug-likeness (QED) is 0.636. The van der Waals surface area contributed by atoms with Gasteiger partial charge < -0.3 is 15.7 Å². The van der Waals surface area contributed by atoms with Crippen LogP contribution < -0.4 is 10.6 Å². The number of aliphatic hydroxyl groups is 1. The van der Waals surface area contributed by atoms with Crippen LogP contribution >= 0.6 is 0 Å². The molecule has 1 aromatic carbocycles. The summed E-state index contributed by atoms with van der Waals surface area (Å²) >= 11 is 0. The van der Waals surface area contributed by atoms with E-state index >= 15 is 0 Å². The maximum absolute atomic E-state index is 12.9. The maximum atomic E-state index is 12.9. The number of carbonyl (C=O) groups excluding carboxylic acids is 1. The number of benzene rings is 1. The van der Waals surface area contributed by atoms with Crippen molar-refractivity contribution in [3.63, 3.8) is 0 Å². The first-order valence-electron chi connectivity index (χ1n) is 6.04. The highest BCUT2D eigenvalue weighted by Gasteiger charge is 2.08. The summed E-state index contributed by atoms with van der Waals surface area (Å²) in [5, 5.41) is 15.4. The molecule has 0 aromatic heterocycles. The molecule has 1 amide bonds. The molecule has 0 radical (unpaired) electrons. The monoisotopic (exact) mass is 254 g/mol. The van der Waals surface area contributed by atoms with Gasteiger partial charge in [-0.2, -0.15) is 0 Å².